The molecule has 1 heterocycles. The smallest absolute Gasteiger partial charge is 0.123 e. The van der Waals surface area contributed by atoms with Gasteiger partial charge in [0.25, 0.3) is 0 Å². The molecule has 0 bridgehead atoms. The zero-order valence-corrected chi connectivity index (χ0v) is 11.3. The predicted molar refractivity (Wildman–Crippen MR) is 73.2 cm³/mol. The van der Waals surface area contributed by atoms with Gasteiger partial charge in [-0.3, -0.25) is 4.90 Å². The SMILES string of the molecule is CC(C)C(Cc1cccc(F)c1)N1CCNCC1. The Balaban J connectivity index is 2.05. The minimum atomic E-state index is -0.129. The molecule has 1 saturated heterocycles. The molecule has 1 fully saturated rings. The minimum absolute atomic E-state index is 0.129. The van der Waals surface area contributed by atoms with Crippen LogP contribution in [0, 0.1) is 11.7 Å². The summed E-state index contributed by atoms with van der Waals surface area (Å²) in [6, 6.07) is 7.52. The van der Waals surface area contributed by atoms with Gasteiger partial charge in [-0.15, -0.1) is 0 Å². The fourth-order valence-corrected chi connectivity index (χ4v) is 2.71. The number of hydrogen-bond acceptors (Lipinski definition) is 2. The van der Waals surface area contributed by atoms with E-state index >= 15 is 0 Å². The highest BCUT2D eigenvalue weighted by molar-refractivity contribution is 5.17. The maximum Gasteiger partial charge on any atom is 0.123 e. The van der Waals surface area contributed by atoms with Crippen LogP contribution in [-0.4, -0.2) is 37.1 Å². The molecule has 1 aromatic carbocycles. The van der Waals surface area contributed by atoms with Gasteiger partial charge >= 0.3 is 0 Å². The van der Waals surface area contributed by atoms with Crippen LogP contribution in [0.3, 0.4) is 0 Å². The summed E-state index contributed by atoms with van der Waals surface area (Å²) in [5, 5.41) is 3.38. The normalized spacial score (nSPS) is 19.1. The van der Waals surface area contributed by atoms with Crippen molar-refractivity contribution in [1.82, 2.24) is 10.2 Å². The van der Waals surface area contributed by atoms with Crippen LogP contribution in [0.25, 0.3) is 0 Å². The van der Waals surface area contributed by atoms with Crippen molar-refractivity contribution in [3.05, 3.63) is 35.6 Å². The molecule has 1 aromatic rings. The van der Waals surface area contributed by atoms with Gasteiger partial charge in [0.2, 0.25) is 0 Å². The average molecular weight is 250 g/mol. The molecular formula is C15H23FN2. The first-order valence-corrected chi connectivity index (χ1v) is 6.86. The van der Waals surface area contributed by atoms with Crippen molar-refractivity contribution in [2.75, 3.05) is 26.2 Å². The van der Waals surface area contributed by atoms with Crippen LogP contribution >= 0.6 is 0 Å². The molecule has 1 N–H and O–H groups in total. The van der Waals surface area contributed by atoms with Crippen LogP contribution in [0.5, 0.6) is 0 Å². The van der Waals surface area contributed by atoms with Crippen molar-refractivity contribution in [2.24, 2.45) is 5.92 Å². The van der Waals surface area contributed by atoms with Crippen LogP contribution in [0.15, 0.2) is 24.3 Å². The van der Waals surface area contributed by atoms with Crippen molar-refractivity contribution >= 4 is 0 Å². The number of piperazine rings is 1. The molecule has 0 spiro atoms. The standard InChI is InChI=1S/C15H23FN2/c1-12(2)15(18-8-6-17-7-9-18)11-13-4-3-5-14(16)10-13/h3-5,10,12,15,17H,6-9,11H2,1-2H3. The Morgan fingerprint density at radius 1 is 1.28 bits per heavy atom. The third kappa shape index (κ3) is 3.53. The lowest BCUT2D eigenvalue weighted by Gasteiger charge is -2.37. The highest BCUT2D eigenvalue weighted by atomic mass is 19.1. The highest BCUT2D eigenvalue weighted by Gasteiger charge is 2.23. The van der Waals surface area contributed by atoms with E-state index in [9.17, 15) is 4.39 Å². The summed E-state index contributed by atoms with van der Waals surface area (Å²) in [6.45, 7) is 8.83. The molecule has 1 unspecified atom stereocenters. The van der Waals surface area contributed by atoms with Crippen LogP contribution < -0.4 is 5.32 Å². The number of halogens is 1. The average Bonchev–Trinajstić information content (AvgIpc) is 2.37. The van der Waals surface area contributed by atoms with E-state index in [4.69, 9.17) is 0 Å². The Kier molecular flexibility index (Phi) is 4.72. The van der Waals surface area contributed by atoms with E-state index in [2.05, 4.69) is 24.1 Å². The zero-order chi connectivity index (χ0) is 13.0. The first kappa shape index (κ1) is 13.5. The van der Waals surface area contributed by atoms with Crippen molar-refractivity contribution in [3.8, 4) is 0 Å². The number of nitrogens with one attached hydrogen (secondary N) is 1. The van der Waals surface area contributed by atoms with Crippen LogP contribution in [0.4, 0.5) is 4.39 Å². The topological polar surface area (TPSA) is 15.3 Å². The molecule has 18 heavy (non-hydrogen) atoms. The summed E-state index contributed by atoms with van der Waals surface area (Å²) in [6.07, 6.45) is 0.940. The lowest BCUT2D eigenvalue weighted by atomic mass is 9.94. The summed E-state index contributed by atoms with van der Waals surface area (Å²) in [7, 11) is 0. The van der Waals surface area contributed by atoms with E-state index < -0.39 is 0 Å². The van der Waals surface area contributed by atoms with Gasteiger partial charge in [0.15, 0.2) is 0 Å². The largest absolute Gasteiger partial charge is 0.314 e. The van der Waals surface area contributed by atoms with Gasteiger partial charge < -0.3 is 5.32 Å². The van der Waals surface area contributed by atoms with E-state index in [1.165, 1.54) is 6.07 Å². The molecule has 0 amide bonds. The van der Waals surface area contributed by atoms with Crippen molar-refractivity contribution in [1.29, 1.82) is 0 Å². The molecule has 0 saturated carbocycles. The number of rotatable bonds is 4. The zero-order valence-electron chi connectivity index (χ0n) is 11.3. The molecule has 0 radical (unpaired) electrons. The molecule has 1 atom stereocenters. The molecule has 100 valence electrons. The van der Waals surface area contributed by atoms with Gasteiger partial charge in [0.1, 0.15) is 5.82 Å². The predicted octanol–water partition coefficient (Wildman–Crippen LogP) is 2.30. The Labute approximate surface area is 109 Å². The molecular weight excluding hydrogens is 227 g/mol. The first-order chi connectivity index (χ1) is 8.66. The van der Waals surface area contributed by atoms with E-state index in [0.29, 0.717) is 12.0 Å². The lowest BCUT2D eigenvalue weighted by Crippen LogP contribution is -2.50. The maximum atomic E-state index is 13.2. The first-order valence-electron chi connectivity index (χ1n) is 6.86. The summed E-state index contributed by atoms with van der Waals surface area (Å²) in [4.78, 5) is 2.53. The second-order valence-electron chi connectivity index (χ2n) is 5.43. The summed E-state index contributed by atoms with van der Waals surface area (Å²) >= 11 is 0. The fraction of sp³-hybridized carbons (Fsp3) is 0.600. The Bertz CT molecular complexity index is 373. The Morgan fingerprint density at radius 3 is 2.61 bits per heavy atom. The monoisotopic (exact) mass is 250 g/mol. The quantitative estimate of drug-likeness (QED) is 0.882. The van der Waals surface area contributed by atoms with Gasteiger partial charge in [-0.25, -0.2) is 4.39 Å². The van der Waals surface area contributed by atoms with E-state index in [0.717, 1.165) is 38.2 Å². The van der Waals surface area contributed by atoms with Gasteiger partial charge in [-0.2, -0.15) is 0 Å². The van der Waals surface area contributed by atoms with Crippen LogP contribution in [-0.2, 0) is 6.42 Å². The van der Waals surface area contributed by atoms with Gasteiger partial charge in [-0.1, -0.05) is 26.0 Å². The summed E-state index contributed by atoms with van der Waals surface area (Å²) in [5.41, 5.74) is 1.10. The van der Waals surface area contributed by atoms with Crippen LogP contribution in [0.1, 0.15) is 19.4 Å². The molecule has 2 rings (SSSR count). The third-order valence-electron chi connectivity index (χ3n) is 3.72. The number of benzene rings is 1. The van der Waals surface area contributed by atoms with Crippen molar-refractivity contribution in [3.63, 3.8) is 0 Å². The molecule has 1 aliphatic heterocycles. The Morgan fingerprint density at radius 2 is 2.00 bits per heavy atom. The highest BCUT2D eigenvalue weighted by Crippen LogP contribution is 2.17. The second-order valence-corrected chi connectivity index (χ2v) is 5.43. The van der Waals surface area contributed by atoms with Gasteiger partial charge in [-0.05, 0) is 30.0 Å². The van der Waals surface area contributed by atoms with Crippen molar-refractivity contribution < 1.29 is 4.39 Å². The molecule has 3 heteroatoms. The van der Waals surface area contributed by atoms with E-state index in [1.807, 2.05) is 6.07 Å². The number of hydrogen-bond donors (Lipinski definition) is 1. The van der Waals surface area contributed by atoms with Gasteiger partial charge in [0.05, 0.1) is 0 Å². The fourth-order valence-electron chi connectivity index (χ4n) is 2.71. The summed E-state index contributed by atoms with van der Waals surface area (Å²) < 4.78 is 13.2. The van der Waals surface area contributed by atoms with Crippen LogP contribution in [0.2, 0.25) is 0 Å². The third-order valence-corrected chi connectivity index (χ3v) is 3.72. The van der Waals surface area contributed by atoms with Gasteiger partial charge in [0, 0.05) is 32.2 Å². The van der Waals surface area contributed by atoms with Crippen molar-refractivity contribution in [2.45, 2.75) is 26.3 Å². The molecule has 2 nitrogen and oxygen atoms in total. The lowest BCUT2D eigenvalue weighted by molar-refractivity contribution is 0.136. The second kappa shape index (κ2) is 6.30. The molecule has 1 aliphatic rings. The molecule has 0 aliphatic carbocycles. The maximum absolute atomic E-state index is 13.2. The minimum Gasteiger partial charge on any atom is -0.314 e. The molecule has 0 aromatic heterocycles. The van der Waals surface area contributed by atoms with E-state index in [1.54, 1.807) is 12.1 Å². The summed E-state index contributed by atoms with van der Waals surface area (Å²) in [5.74, 6) is 0.460. The van der Waals surface area contributed by atoms with E-state index in [-0.39, 0.29) is 5.82 Å². The Hall–Kier alpha value is -0.930. The number of nitrogens with zero attached hydrogens (tertiary/aromatic N) is 1.